The lowest BCUT2D eigenvalue weighted by Gasteiger charge is -2.15. The zero-order chi connectivity index (χ0) is 19.1. The lowest BCUT2D eigenvalue weighted by atomic mass is 10.2. The van der Waals surface area contributed by atoms with Crippen molar-refractivity contribution in [1.82, 2.24) is 0 Å². The number of rotatable bonds is 7. The Hall–Kier alpha value is -2.24. The Labute approximate surface area is 172 Å². The van der Waals surface area contributed by atoms with E-state index in [-0.39, 0.29) is 5.91 Å². The number of anilines is 1. The molecule has 138 valence electrons. The first kappa shape index (κ1) is 19.5. The molecule has 0 heterocycles. The summed E-state index contributed by atoms with van der Waals surface area (Å²) < 4.78 is 6.65. The number of carbonyl (C=O) groups is 1. The van der Waals surface area contributed by atoms with Gasteiger partial charge in [-0.3, -0.25) is 4.79 Å². The molecule has 3 nitrogen and oxygen atoms in total. The summed E-state index contributed by atoms with van der Waals surface area (Å²) in [7, 11) is 0. The molecule has 0 fully saturated rings. The van der Waals surface area contributed by atoms with Gasteiger partial charge in [0.2, 0.25) is 0 Å². The fraction of sp³-hybridized carbons (Fsp3) is 0.136. The number of carbonyl (C=O) groups excluding carboxylic acids is 1. The second-order valence-corrected chi connectivity index (χ2v) is 7.97. The Morgan fingerprint density at radius 2 is 1.67 bits per heavy atom. The summed E-state index contributed by atoms with van der Waals surface area (Å²) in [6.45, 7) is 1.74. The van der Waals surface area contributed by atoms with Gasteiger partial charge in [0.25, 0.3) is 5.91 Å². The minimum atomic E-state index is -0.584. The Balaban J connectivity index is 1.51. The van der Waals surface area contributed by atoms with Crippen molar-refractivity contribution >= 4 is 39.3 Å². The molecule has 0 aliphatic heterocycles. The molecule has 0 aliphatic rings. The molecule has 0 aromatic heterocycles. The fourth-order valence-electron chi connectivity index (χ4n) is 2.38. The van der Waals surface area contributed by atoms with Gasteiger partial charge in [-0.05, 0) is 61.0 Å². The molecule has 1 atom stereocenters. The zero-order valence-electron chi connectivity index (χ0n) is 14.9. The van der Waals surface area contributed by atoms with E-state index in [1.807, 2.05) is 66.7 Å². The molecule has 1 N–H and O–H groups in total. The monoisotopic (exact) mass is 441 g/mol. The summed E-state index contributed by atoms with van der Waals surface area (Å²) in [4.78, 5) is 13.6. The van der Waals surface area contributed by atoms with Crippen LogP contribution in [0.5, 0.6) is 5.75 Å². The topological polar surface area (TPSA) is 38.3 Å². The van der Waals surface area contributed by atoms with Gasteiger partial charge in [-0.1, -0.05) is 46.3 Å². The van der Waals surface area contributed by atoms with Gasteiger partial charge in [0.15, 0.2) is 6.10 Å². The average Bonchev–Trinajstić information content (AvgIpc) is 2.70. The highest BCUT2D eigenvalue weighted by Crippen LogP contribution is 2.23. The van der Waals surface area contributed by atoms with Crippen LogP contribution in [0.3, 0.4) is 0 Å². The van der Waals surface area contributed by atoms with Gasteiger partial charge < -0.3 is 10.1 Å². The molecule has 1 unspecified atom stereocenters. The number of amides is 1. The van der Waals surface area contributed by atoms with E-state index in [0.717, 1.165) is 15.9 Å². The van der Waals surface area contributed by atoms with Crippen LogP contribution >= 0.6 is 27.7 Å². The first-order valence-corrected chi connectivity index (χ1v) is 10.4. The van der Waals surface area contributed by atoms with Crippen molar-refractivity contribution in [2.45, 2.75) is 23.7 Å². The molecule has 0 radical (unpaired) electrons. The molecule has 0 aliphatic carbocycles. The molecular formula is C22H20BrNO2S. The highest BCUT2D eigenvalue weighted by Gasteiger charge is 2.14. The van der Waals surface area contributed by atoms with Gasteiger partial charge in [0, 0.05) is 20.8 Å². The smallest absolute Gasteiger partial charge is 0.265 e. The maximum Gasteiger partial charge on any atom is 0.265 e. The third-order valence-corrected chi connectivity index (χ3v) is 5.48. The quantitative estimate of drug-likeness (QED) is 0.446. The molecule has 0 saturated heterocycles. The summed E-state index contributed by atoms with van der Waals surface area (Å²) in [6, 6.07) is 25.6. The van der Waals surface area contributed by atoms with Crippen molar-refractivity contribution in [2.75, 3.05) is 5.32 Å². The molecular weight excluding hydrogens is 422 g/mol. The summed E-state index contributed by atoms with van der Waals surface area (Å²) in [5, 5.41) is 2.89. The number of benzene rings is 3. The van der Waals surface area contributed by atoms with E-state index in [9.17, 15) is 4.79 Å². The standard InChI is InChI=1S/C22H20BrNO2S/c1-16(26-20-13-9-18(23)10-14-20)22(25)24-19-11-7-17(8-12-19)15-27-21-5-3-2-4-6-21/h2-14,16H,15H2,1H3,(H,24,25). The fourth-order valence-corrected chi connectivity index (χ4v) is 3.52. The number of hydrogen-bond acceptors (Lipinski definition) is 3. The molecule has 27 heavy (non-hydrogen) atoms. The maximum atomic E-state index is 12.3. The van der Waals surface area contributed by atoms with E-state index in [4.69, 9.17) is 4.74 Å². The summed E-state index contributed by atoms with van der Waals surface area (Å²) in [5.41, 5.74) is 1.97. The van der Waals surface area contributed by atoms with Crippen LogP contribution in [-0.2, 0) is 10.5 Å². The highest BCUT2D eigenvalue weighted by molar-refractivity contribution is 9.10. The lowest BCUT2D eigenvalue weighted by molar-refractivity contribution is -0.122. The van der Waals surface area contributed by atoms with Gasteiger partial charge in [-0.15, -0.1) is 11.8 Å². The summed E-state index contributed by atoms with van der Waals surface area (Å²) in [6.07, 6.45) is -0.584. The van der Waals surface area contributed by atoms with Gasteiger partial charge >= 0.3 is 0 Å². The first-order valence-electron chi connectivity index (χ1n) is 8.60. The van der Waals surface area contributed by atoms with Crippen molar-refractivity contribution in [1.29, 1.82) is 0 Å². The Kier molecular flexibility index (Phi) is 6.96. The second-order valence-electron chi connectivity index (χ2n) is 6.00. The third-order valence-electron chi connectivity index (χ3n) is 3.87. The largest absolute Gasteiger partial charge is 0.481 e. The minimum absolute atomic E-state index is 0.177. The van der Waals surface area contributed by atoms with E-state index >= 15 is 0 Å². The molecule has 3 rings (SSSR count). The maximum absolute atomic E-state index is 12.3. The predicted octanol–water partition coefficient (Wildman–Crippen LogP) is 6.15. The van der Waals surface area contributed by atoms with Crippen LogP contribution in [-0.4, -0.2) is 12.0 Å². The first-order chi connectivity index (χ1) is 13.1. The zero-order valence-corrected chi connectivity index (χ0v) is 17.3. The van der Waals surface area contributed by atoms with E-state index < -0.39 is 6.10 Å². The molecule has 0 bridgehead atoms. The SMILES string of the molecule is CC(Oc1ccc(Br)cc1)C(=O)Nc1ccc(CSc2ccccc2)cc1. The van der Waals surface area contributed by atoms with Crippen LogP contribution in [0.15, 0.2) is 88.2 Å². The minimum Gasteiger partial charge on any atom is -0.481 e. The Morgan fingerprint density at radius 3 is 2.33 bits per heavy atom. The van der Waals surface area contributed by atoms with Crippen LogP contribution in [0.1, 0.15) is 12.5 Å². The normalized spacial score (nSPS) is 11.6. The van der Waals surface area contributed by atoms with E-state index in [2.05, 4.69) is 33.4 Å². The Morgan fingerprint density at radius 1 is 1.00 bits per heavy atom. The second kappa shape index (κ2) is 9.62. The molecule has 1 amide bonds. The van der Waals surface area contributed by atoms with Crippen LogP contribution in [0.2, 0.25) is 0 Å². The molecule has 3 aromatic rings. The Bertz CT molecular complexity index is 867. The van der Waals surface area contributed by atoms with Crippen molar-refractivity contribution in [3.8, 4) is 5.75 Å². The van der Waals surface area contributed by atoms with Gasteiger partial charge in [-0.2, -0.15) is 0 Å². The van der Waals surface area contributed by atoms with Crippen molar-refractivity contribution in [3.63, 3.8) is 0 Å². The van der Waals surface area contributed by atoms with Crippen LogP contribution in [0, 0.1) is 0 Å². The summed E-state index contributed by atoms with van der Waals surface area (Å²) in [5.74, 6) is 1.37. The lowest BCUT2D eigenvalue weighted by Crippen LogP contribution is -2.30. The van der Waals surface area contributed by atoms with Crippen molar-refractivity contribution in [3.05, 3.63) is 88.9 Å². The molecule has 5 heteroatoms. The average molecular weight is 442 g/mol. The number of hydrogen-bond donors (Lipinski definition) is 1. The highest BCUT2D eigenvalue weighted by atomic mass is 79.9. The number of ether oxygens (including phenoxy) is 1. The van der Waals surface area contributed by atoms with Crippen LogP contribution in [0.4, 0.5) is 5.69 Å². The van der Waals surface area contributed by atoms with E-state index in [0.29, 0.717) is 5.75 Å². The van der Waals surface area contributed by atoms with E-state index in [1.165, 1.54) is 10.5 Å². The van der Waals surface area contributed by atoms with Gasteiger partial charge in [-0.25, -0.2) is 0 Å². The van der Waals surface area contributed by atoms with Gasteiger partial charge in [0.05, 0.1) is 0 Å². The molecule has 0 saturated carbocycles. The van der Waals surface area contributed by atoms with Crippen molar-refractivity contribution < 1.29 is 9.53 Å². The van der Waals surface area contributed by atoms with Crippen molar-refractivity contribution in [2.24, 2.45) is 0 Å². The van der Waals surface area contributed by atoms with Crippen LogP contribution < -0.4 is 10.1 Å². The predicted molar refractivity (Wildman–Crippen MR) is 115 cm³/mol. The molecule has 0 spiro atoms. The van der Waals surface area contributed by atoms with Crippen LogP contribution in [0.25, 0.3) is 0 Å². The summed E-state index contributed by atoms with van der Waals surface area (Å²) >= 11 is 5.17. The number of thioether (sulfide) groups is 1. The number of nitrogens with one attached hydrogen (secondary N) is 1. The molecule has 3 aromatic carbocycles. The number of halogens is 1. The van der Waals surface area contributed by atoms with E-state index in [1.54, 1.807) is 18.7 Å². The third kappa shape index (κ3) is 6.15. The van der Waals surface area contributed by atoms with Gasteiger partial charge in [0.1, 0.15) is 5.75 Å².